The van der Waals surface area contributed by atoms with Gasteiger partial charge in [0, 0.05) is 52.6 Å². The molecule has 0 fully saturated rings. The minimum atomic E-state index is 1.13. The van der Waals surface area contributed by atoms with E-state index in [2.05, 4.69) is 181 Å². The number of hydrogen-bond donors (Lipinski definition) is 0. The maximum atomic E-state index is 2.50. The van der Waals surface area contributed by atoms with E-state index in [0.29, 0.717) is 0 Å². The molecule has 10 rings (SSSR count). The van der Waals surface area contributed by atoms with Crippen LogP contribution in [0.15, 0.2) is 176 Å². The summed E-state index contributed by atoms with van der Waals surface area (Å²) in [5, 5.41) is 7.71. The van der Waals surface area contributed by atoms with E-state index in [-0.39, 0.29) is 0 Å². The standard InChI is InChI=1S/C46H29NS2/c1-2-11-31(12-3-1)37-26-27-40-38-16-6-9-20-43(38)49-46(40)45(37)47(34-25-28-44-41(29-34)39-17-7-8-19-42(39)48-44)33-23-21-32(22-24-33)36-18-10-14-30-13-4-5-15-35(30)36/h1-29H. The van der Waals surface area contributed by atoms with E-state index in [1.807, 2.05) is 22.7 Å². The third kappa shape index (κ3) is 4.66. The van der Waals surface area contributed by atoms with Gasteiger partial charge in [0.15, 0.2) is 0 Å². The second-order valence-electron chi connectivity index (χ2n) is 12.5. The number of anilines is 3. The van der Waals surface area contributed by atoms with Crippen LogP contribution in [-0.2, 0) is 0 Å². The van der Waals surface area contributed by atoms with Gasteiger partial charge in [0.2, 0.25) is 0 Å². The van der Waals surface area contributed by atoms with Crippen molar-refractivity contribution in [1.82, 2.24) is 0 Å². The van der Waals surface area contributed by atoms with Crippen LogP contribution in [0.1, 0.15) is 0 Å². The Morgan fingerprint density at radius 2 is 0.959 bits per heavy atom. The number of hydrogen-bond acceptors (Lipinski definition) is 3. The molecule has 0 radical (unpaired) electrons. The fraction of sp³-hybridized carbons (Fsp3) is 0. The maximum Gasteiger partial charge on any atom is 0.0718 e. The molecule has 2 heterocycles. The highest BCUT2D eigenvalue weighted by molar-refractivity contribution is 7.26. The van der Waals surface area contributed by atoms with Gasteiger partial charge in [0.25, 0.3) is 0 Å². The molecule has 3 heteroatoms. The Labute approximate surface area is 292 Å². The first-order valence-electron chi connectivity index (χ1n) is 16.6. The van der Waals surface area contributed by atoms with Crippen molar-refractivity contribution >= 4 is 90.9 Å². The van der Waals surface area contributed by atoms with Crippen molar-refractivity contribution in [3.63, 3.8) is 0 Å². The molecule has 2 aromatic heterocycles. The largest absolute Gasteiger partial charge is 0.308 e. The predicted molar refractivity (Wildman–Crippen MR) is 215 cm³/mol. The van der Waals surface area contributed by atoms with E-state index in [1.165, 1.54) is 79.1 Å². The number of fused-ring (bicyclic) bond motifs is 7. The fourth-order valence-electron chi connectivity index (χ4n) is 7.37. The molecule has 0 unspecified atom stereocenters. The minimum absolute atomic E-state index is 1.13. The normalized spacial score (nSPS) is 11.7. The van der Waals surface area contributed by atoms with Crippen molar-refractivity contribution in [2.24, 2.45) is 0 Å². The zero-order chi connectivity index (χ0) is 32.3. The van der Waals surface area contributed by atoms with Gasteiger partial charge in [-0.05, 0) is 69.9 Å². The van der Waals surface area contributed by atoms with Crippen LogP contribution >= 0.6 is 22.7 Å². The van der Waals surface area contributed by atoms with Crippen LogP contribution in [0, 0.1) is 0 Å². The van der Waals surface area contributed by atoms with Gasteiger partial charge in [-0.25, -0.2) is 0 Å². The first-order valence-corrected chi connectivity index (χ1v) is 18.2. The zero-order valence-electron chi connectivity index (χ0n) is 26.5. The second-order valence-corrected chi connectivity index (χ2v) is 14.6. The van der Waals surface area contributed by atoms with E-state index < -0.39 is 0 Å². The molecule has 0 N–H and O–H groups in total. The van der Waals surface area contributed by atoms with Gasteiger partial charge in [-0.2, -0.15) is 0 Å². The monoisotopic (exact) mass is 659 g/mol. The van der Waals surface area contributed by atoms with Crippen LogP contribution in [0.3, 0.4) is 0 Å². The van der Waals surface area contributed by atoms with Crippen molar-refractivity contribution in [2.45, 2.75) is 0 Å². The zero-order valence-corrected chi connectivity index (χ0v) is 28.1. The lowest BCUT2D eigenvalue weighted by Crippen LogP contribution is -2.11. The molecule has 0 atom stereocenters. The summed E-state index contributed by atoms with van der Waals surface area (Å²) >= 11 is 3.75. The first-order chi connectivity index (χ1) is 24.3. The molecule has 0 spiro atoms. The van der Waals surface area contributed by atoms with Gasteiger partial charge in [0.1, 0.15) is 0 Å². The maximum absolute atomic E-state index is 2.50. The highest BCUT2D eigenvalue weighted by atomic mass is 32.1. The number of nitrogens with zero attached hydrogens (tertiary/aromatic N) is 1. The molecule has 0 amide bonds. The SMILES string of the molecule is c1ccc(-c2ccc3c(sc4ccccc43)c2N(c2ccc(-c3cccc4ccccc34)cc2)c2ccc3sc4ccccc4c3c2)cc1. The van der Waals surface area contributed by atoms with Gasteiger partial charge in [-0.15, -0.1) is 22.7 Å². The Hall–Kier alpha value is -5.74. The summed E-state index contributed by atoms with van der Waals surface area (Å²) in [6.45, 7) is 0. The van der Waals surface area contributed by atoms with Crippen molar-refractivity contribution in [3.8, 4) is 22.3 Å². The topological polar surface area (TPSA) is 3.24 Å². The van der Waals surface area contributed by atoms with E-state index in [0.717, 1.165) is 11.4 Å². The summed E-state index contributed by atoms with van der Waals surface area (Å²) in [4.78, 5) is 2.50. The summed E-state index contributed by atoms with van der Waals surface area (Å²) in [5.41, 5.74) is 8.37. The molecule has 49 heavy (non-hydrogen) atoms. The molecule has 0 saturated carbocycles. The third-order valence-electron chi connectivity index (χ3n) is 9.67. The van der Waals surface area contributed by atoms with Gasteiger partial charge in [0.05, 0.1) is 10.4 Å². The quantitative estimate of drug-likeness (QED) is 0.178. The summed E-state index contributed by atoms with van der Waals surface area (Å²) in [6.07, 6.45) is 0. The summed E-state index contributed by atoms with van der Waals surface area (Å²) in [6, 6.07) is 64.5. The van der Waals surface area contributed by atoms with Crippen molar-refractivity contribution in [2.75, 3.05) is 4.90 Å². The molecule has 0 bridgehead atoms. The third-order valence-corrected chi connectivity index (χ3v) is 12.0. The Morgan fingerprint density at radius 3 is 1.78 bits per heavy atom. The van der Waals surface area contributed by atoms with Crippen LogP contribution in [-0.4, -0.2) is 0 Å². The van der Waals surface area contributed by atoms with Crippen LogP contribution in [0.5, 0.6) is 0 Å². The average molecular weight is 660 g/mol. The molecule has 10 aromatic rings. The lowest BCUT2D eigenvalue weighted by atomic mass is 9.97. The number of benzene rings is 8. The van der Waals surface area contributed by atoms with Gasteiger partial charge in [-0.3, -0.25) is 0 Å². The summed E-state index contributed by atoms with van der Waals surface area (Å²) in [7, 11) is 0. The fourth-order valence-corrected chi connectivity index (χ4v) is 9.70. The van der Waals surface area contributed by atoms with Crippen LogP contribution in [0.25, 0.3) is 73.4 Å². The van der Waals surface area contributed by atoms with Crippen LogP contribution in [0.2, 0.25) is 0 Å². The molecule has 0 aliphatic heterocycles. The molecule has 0 aliphatic carbocycles. The highest BCUT2D eigenvalue weighted by Gasteiger charge is 2.23. The van der Waals surface area contributed by atoms with Gasteiger partial charge < -0.3 is 4.90 Å². The highest BCUT2D eigenvalue weighted by Crippen LogP contribution is 2.50. The van der Waals surface area contributed by atoms with E-state index in [9.17, 15) is 0 Å². The van der Waals surface area contributed by atoms with Crippen molar-refractivity contribution in [3.05, 3.63) is 176 Å². The minimum Gasteiger partial charge on any atom is -0.308 e. The Morgan fingerprint density at radius 1 is 0.347 bits per heavy atom. The lowest BCUT2D eigenvalue weighted by Gasteiger charge is -2.29. The average Bonchev–Trinajstić information content (AvgIpc) is 3.74. The molecule has 0 aliphatic rings. The molecule has 1 nitrogen and oxygen atoms in total. The molecule has 230 valence electrons. The van der Waals surface area contributed by atoms with Crippen molar-refractivity contribution < 1.29 is 0 Å². The molecule has 8 aromatic carbocycles. The Bertz CT molecular complexity index is 2820. The van der Waals surface area contributed by atoms with E-state index in [4.69, 9.17) is 0 Å². The van der Waals surface area contributed by atoms with Gasteiger partial charge >= 0.3 is 0 Å². The molecular weight excluding hydrogens is 631 g/mol. The lowest BCUT2D eigenvalue weighted by molar-refractivity contribution is 1.31. The summed E-state index contributed by atoms with van der Waals surface area (Å²) in [5.74, 6) is 0. The van der Waals surface area contributed by atoms with Crippen molar-refractivity contribution in [1.29, 1.82) is 0 Å². The van der Waals surface area contributed by atoms with E-state index >= 15 is 0 Å². The number of rotatable bonds is 5. The summed E-state index contributed by atoms with van der Waals surface area (Å²) < 4.78 is 5.21. The molecule has 0 saturated heterocycles. The van der Waals surface area contributed by atoms with E-state index in [1.54, 1.807) is 0 Å². The first kappa shape index (κ1) is 28.3. The predicted octanol–water partition coefficient (Wildman–Crippen LogP) is 14.4. The smallest absolute Gasteiger partial charge is 0.0718 e. The second kappa shape index (κ2) is 11.5. The number of thiophene rings is 2. The van der Waals surface area contributed by atoms with Gasteiger partial charge in [-0.1, -0.05) is 133 Å². The Balaban J connectivity index is 1.26. The molecular formula is C46H29NS2. The van der Waals surface area contributed by atoms with Crippen LogP contribution in [0.4, 0.5) is 17.1 Å². The van der Waals surface area contributed by atoms with Crippen LogP contribution < -0.4 is 4.90 Å². The Kier molecular flexibility index (Phi) is 6.61.